The number of amides is 1. The first-order valence-electron chi connectivity index (χ1n) is 9.46. The van der Waals surface area contributed by atoms with Gasteiger partial charge in [-0.05, 0) is 39.3 Å². The van der Waals surface area contributed by atoms with Gasteiger partial charge in [0.1, 0.15) is 11.4 Å². The summed E-state index contributed by atoms with van der Waals surface area (Å²) >= 11 is 0. The van der Waals surface area contributed by atoms with Crippen LogP contribution in [0.25, 0.3) is 10.8 Å². The summed E-state index contributed by atoms with van der Waals surface area (Å²) in [6, 6.07) is 11.8. The standard InChI is InChI=1S/C22H31NO3/c1-6-7-10-15-22(4,25-5)21(24)23-19-13-14-20(26-16(2)3)18-12-9-8-11-17(18)19/h8-9,11-14,16H,6-7,10,15H2,1-5H3,(H,23,24)/t22-/m1/s1. The Morgan fingerprint density at radius 1 is 1.12 bits per heavy atom. The maximum atomic E-state index is 12.9. The van der Waals surface area contributed by atoms with Gasteiger partial charge in [0.2, 0.25) is 0 Å². The number of benzene rings is 2. The largest absolute Gasteiger partial charge is 0.490 e. The van der Waals surface area contributed by atoms with Crippen LogP contribution in [0.15, 0.2) is 36.4 Å². The van der Waals surface area contributed by atoms with Gasteiger partial charge in [0.25, 0.3) is 5.91 Å². The highest BCUT2D eigenvalue weighted by Crippen LogP contribution is 2.33. The fourth-order valence-electron chi connectivity index (χ4n) is 3.01. The average Bonchev–Trinajstić information content (AvgIpc) is 2.63. The minimum atomic E-state index is -0.830. The highest BCUT2D eigenvalue weighted by atomic mass is 16.5. The van der Waals surface area contributed by atoms with E-state index in [-0.39, 0.29) is 12.0 Å². The molecule has 0 aromatic heterocycles. The van der Waals surface area contributed by atoms with Gasteiger partial charge in [-0.1, -0.05) is 50.5 Å². The van der Waals surface area contributed by atoms with E-state index in [4.69, 9.17) is 9.47 Å². The topological polar surface area (TPSA) is 47.6 Å². The molecule has 1 atom stereocenters. The number of methoxy groups -OCH3 is 1. The summed E-state index contributed by atoms with van der Waals surface area (Å²) in [6.45, 7) is 8.02. The molecule has 0 heterocycles. The van der Waals surface area contributed by atoms with E-state index in [0.717, 1.165) is 41.5 Å². The molecule has 0 radical (unpaired) electrons. The Labute approximate surface area is 156 Å². The van der Waals surface area contributed by atoms with Gasteiger partial charge in [0.15, 0.2) is 0 Å². The van der Waals surface area contributed by atoms with Crippen molar-refractivity contribution in [1.82, 2.24) is 0 Å². The van der Waals surface area contributed by atoms with E-state index >= 15 is 0 Å². The summed E-state index contributed by atoms with van der Waals surface area (Å²) in [5.74, 6) is 0.713. The first-order valence-corrected chi connectivity index (χ1v) is 9.46. The summed E-state index contributed by atoms with van der Waals surface area (Å²) in [5.41, 5.74) is -0.0518. The van der Waals surface area contributed by atoms with Crippen LogP contribution in [0.2, 0.25) is 0 Å². The number of hydrogen-bond acceptors (Lipinski definition) is 3. The van der Waals surface area contributed by atoms with Gasteiger partial charge in [-0.15, -0.1) is 0 Å². The lowest BCUT2D eigenvalue weighted by atomic mass is 9.96. The number of hydrogen-bond donors (Lipinski definition) is 1. The Morgan fingerprint density at radius 3 is 2.42 bits per heavy atom. The monoisotopic (exact) mass is 357 g/mol. The number of nitrogens with one attached hydrogen (secondary N) is 1. The van der Waals surface area contributed by atoms with Crippen LogP contribution in [-0.2, 0) is 9.53 Å². The van der Waals surface area contributed by atoms with Crippen molar-refractivity contribution in [2.75, 3.05) is 12.4 Å². The predicted octanol–water partition coefficient (Wildman–Crippen LogP) is 5.55. The summed E-state index contributed by atoms with van der Waals surface area (Å²) in [4.78, 5) is 12.9. The molecular formula is C22H31NO3. The molecule has 1 N–H and O–H groups in total. The van der Waals surface area contributed by atoms with Crippen LogP contribution in [0, 0.1) is 0 Å². The van der Waals surface area contributed by atoms with E-state index in [1.807, 2.05) is 57.2 Å². The second-order valence-electron chi connectivity index (χ2n) is 7.17. The number of ether oxygens (including phenoxy) is 2. The maximum absolute atomic E-state index is 12.9. The van der Waals surface area contributed by atoms with Crippen molar-refractivity contribution in [3.05, 3.63) is 36.4 Å². The zero-order valence-corrected chi connectivity index (χ0v) is 16.6. The van der Waals surface area contributed by atoms with Gasteiger partial charge in [-0.2, -0.15) is 0 Å². The molecule has 0 unspecified atom stereocenters. The number of rotatable bonds is 9. The van der Waals surface area contributed by atoms with Crippen LogP contribution in [0.1, 0.15) is 53.4 Å². The van der Waals surface area contributed by atoms with Crippen molar-refractivity contribution in [1.29, 1.82) is 0 Å². The summed E-state index contributed by atoms with van der Waals surface area (Å²) in [7, 11) is 1.60. The van der Waals surface area contributed by atoms with E-state index in [2.05, 4.69) is 12.2 Å². The zero-order valence-electron chi connectivity index (χ0n) is 16.6. The summed E-state index contributed by atoms with van der Waals surface area (Å²) < 4.78 is 11.5. The predicted molar refractivity (Wildman–Crippen MR) is 108 cm³/mol. The SMILES string of the molecule is CCCCC[C@@](C)(OC)C(=O)Nc1ccc(OC(C)C)c2ccccc12. The molecule has 0 aliphatic carbocycles. The molecule has 2 aromatic carbocycles. The van der Waals surface area contributed by atoms with E-state index < -0.39 is 5.60 Å². The van der Waals surface area contributed by atoms with Crippen LogP contribution in [0.3, 0.4) is 0 Å². The molecule has 0 saturated heterocycles. The summed E-state index contributed by atoms with van der Waals surface area (Å²) in [5, 5.41) is 5.02. The Balaban J connectivity index is 2.28. The zero-order chi connectivity index (χ0) is 19.2. The molecule has 1 amide bonds. The van der Waals surface area contributed by atoms with E-state index in [0.29, 0.717) is 6.42 Å². The fourth-order valence-corrected chi connectivity index (χ4v) is 3.01. The van der Waals surface area contributed by atoms with Gasteiger partial charge in [0.05, 0.1) is 6.10 Å². The van der Waals surface area contributed by atoms with Gasteiger partial charge in [0, 0.05) is 23.6 Å². The Hall–Kier alpha value is -2.07. The highest BCUT2D eigenvalue weighted by molar-refractivity contribution is 6.06. The van der Waals surface area contributed by atoms with E-state index in [1.165, 1.54) is 0 Å². The first kappa shape index (κ1) is 20.2. The van der Waals surface area contributed by atoms with Crippen molar-refractivity contribution in [3.8, 4) is 5.75 Å². The van der Waals surface area contributed by atoms with Crippen LogP contribution in [-0.4, -0.2) is 24.7 Å². The molecule has 0 fully saturated rings. The number of fused-ring (bicyclic) bond motifs is 1. The van der Waals surface area contributed by atoms with E-state index in [1.54, 1.807) is 7.11 Å². The maximum Gasteiger partial charge on any atom is 0.256 e. The van der Waals surface area contributed by atoms with Crippen LogP contribution >= 0.6 is 0 Å². The van der Waals surface area contributed by atoms with Crippen LogP contribution in [0.4, 0.5) is 5.69 Å². The molecular weight excluding hydrogens is 326 g/mol. The molecule has 2 rings (SSSR count). The smallest absolute Gasteiger partial charge is 0.256 e. The minimum Gasteiger partial charge on any atom is -0.490 e. The molecule has 4 heteroatoms. The quantitative estimate of drug-likeness (QED) is 0.598. The van der Waals surface area contributed by atoms with E-state index in [9.17, 15) is 4.79 Å². The third-order valence-electron chi connectivity index (χ3n) is 4.68. The van der Waals surface area contributed by atoms with Crippen LogP contribution in [0.5, 0.6) is 5.75 Å². The minimum absolute atomic E-state index is 0.0918. The molecule has 0 spiro atoms. The van der Waals surface area contributed by atoms with Crippen LogP contribution < -0.4 is 10.1 Å². The van der Waals surface area contributed by atoms with Crippen molar-refractivity contribution in [2.24, 2.45) is 0 Å². The first-order chi connectivity index (χ1) is 12.4. The average molecular weight is 357 g/mol. The van der Waals surface area contributed by atoms with Gasteiger partial charge < -0.3 is 14.8 Å². The molecule has 26 heavy (non-hydrogen) atoms. The molecule has 0 saturated carbocycles. The van der Waals surface area contributed by atoms with Gasteiger partial charge in [-0.25, -0.2) is 0 Å². The Bertz CT molecular complexity index is 741. The van der Waals surface area contributed by atoms with Crippen molar-refractivity contribution in [2.45, 2.75) is 65.1 Å². The second-order valence-corrected chi connectivity index (χ2v) is 7.17. The third kappa shape index (κ3) is 4.76. The molecule has 4 nitrogen and oxygen atoms in total. The Kier molecular flexibility index (Phi) is 7.04. The number of unbranched alkanes of at least 4 members (excludes halogenated alkanes) is 2. The molecule has 0 bridgehead atoms. The van der Waals surface area contributed by atoms with Gasteiger partial charge >= 0.3 is 0 Å². The molecule has 2 aromatic rings. The molecule has 142 valence electrons. The van der Waals surface area contributed by atoms with Gasteiger partial charge in [-0.3, -0.25) is 4.79 Å². The van der Waals surface area contributed by atoms with Crippen molar-refractivity contribution >= 4 is 22.4 Å². The number of anilines is 1. The fraction of sp³-hybridized carbons (Fsp3) is 0.500. The van der Waals surface area contributed by atoms with Crippen molar-refractivity contribution in [3.63, 3.8) is 0 Å². The molecule has 0 aliphatic rings. The normalized spacial score (nSPS) is 13.6. The van der Waals surface area contributed by atoms with Crippen molar-refractivity contribution < 1.29 is 14.3 Å². The summed E-state index contributed by atoms with van der Waals surface area (Å²) in [6.07, 6.45) is 3.97. The lowest BCUT2D eigenvalue weighted by molar-refractivity contribution is -0.136. The lowest BCUT2D eigenvalue weighted by Gasteiger charge is -2.27. The Morgan fingerprint density at radius 2 is 1.81 bits per heavy atom. The lowest BCUT2D eigenvalue weighted by Crippen LogP contribution is -2.42. The number of carbonyl (C=O) groups excluding carboxylic acids is 1. The number of carbonyl (C=O) groups is 1. The highest BCUT2D eigenvalue weighted by Gasteiger charge is 2.32. The second kappa shape index (κ2) is 9.04. The molecule has 0 aliphatic heterocycles. The third-order valence-corrected chi connectivity index (χ3v) is 4.68.